The maximum Gasteiger partial charge on any atom is 0.269 e. The summed E-state index contributed by atoms with van der Waals surface area (Å²) in [5.74, 6) is 0. The Bertz CT molecular complexity index is 600. The third-order valence-electron chi connectivity index (χ3n) is 2.69. The first-order valence-corrected chi connectivity index (χ1v) is 6.73. The van der Waals surface area contributed by atoms with Crippen LogP contribution in [0.2, 0.25) is 0 Å². The van der Waals surface area contributed by atoms with Crippen LogP contribution in [0.3, 0.4) is 0 Å². The Hall–Kier alpha value is -1.20. The molecule has 0 spiro atoms. The van der Waals surface area contributed by atoms with E-state index in [1.807, 2.05) is 24.3 Å². The van der Waals surface area contributed by atoms with Crippen LogP contribution in [0.5, 0.6) is 0 Å². The fourth-order valence-corrected chi connectivity index (χ4v) is 3.27. The summed E-state index contributed by atoms with van der Waals surface area (Å²) in [5.41, 5.74) is 5.73. The Balaban J connectivity index is 2.57. The lowest BCUT2D eigenvalue weighted by Gasteiger charge is -2.14. The summed E-state index contributed by atoms with van der Waals surface area (Å²) in [7, 11) is 0. The van der Waals surface area contributed by atoms with Gasteiger partial charge in [-0.15, -0.1) is 0 Å². The molecule has 0 bridgehead atoms. The molecule has 1 heterocycles. The maximum absolute atomic E-state index is 12.2. The molecule has 1 atom stereocenters. The van der Waals surface area contributed by atoms with Crippen LogP contribution in [0, 0.1) is 0 Å². The van der Waals surface area contributed by atoms with E-state index < -0.39 is 0 Å². The summed E-state index contributed by atoms with van der Waals surface area (Å²) in [5, 5.41) is 0.745. The van der Waals surface area contributed by atoms with Gasteiger partial charge >= 0.3 is 0 Å². The van der Waals surface area contributed by atoms with Crippen molar-refractivity contribution in [2.45, 2.75) is 25.8 Å². The number of aromatic nitrogens is 1. The maximum atomic E-state index is 12.2. The van der Waals surface area contributed by atoms with E-state index in [0.29, 0.717) is 4.99 Å². The monoisotopic (exact) mass is 266 g/mol. The Labute approximate surface area is 109 Å². The van der Waals surface area contributed by atoms with Gasteiger partial charge < -0.3 is 5.73 Å². The minimum absolute atomic E-state index is 0.0110. The van der Waals surface area contributed by atoms with Gasteiger partial charge in [0.25, 0.3) is 5.56 Å². The van der Waals surface area contributed by atoms with Crippen LogP contribution in [0.25, 0.3) is 10.1 Å². The van der Waals surface area contributed by atoms with Crippen LogP contribution in [-0.2, 0) is 0 Å². The molecule has 0 aliphatic heterocycles. The van der Waals surface area contributed by atoms with Gasteiger partial charge in [-0.25, -0.2) is 0 Å². The first kappa shape index (κ1) is 12.3. The summed E-state index contributed by atoms with van der Waals surface area (Å²) in [4.78, 5) is 12.6. The zero-order chi connectivity index (χ0) is 12.4. The molecule has 0 saturated heterocycles. The third kappa shape index (κ3) is 2.25. The van der Waals surface area contributed by atoms with Crippen molar-refractivity contribution < 1.29 is 0 Å². The predicted molar refractivity (Wildman–Crippen MR) is 76.8 cm³/mol. The number of nitrogens with two attached hydrogens (primary N) is 1. The van der Waals surface area contributed by atoms with Crippen molar-refractivity contribution in [1.82, 2.24) is 3.96 Å². The van der Waals surface area contributed by atoms with E-state index in [2.05, 4.69) is 6.92 Å². The van der Waals surface area contributed by atoms with Crippen molar-refractivity contribution in [3.63, 3.8) is 0 Å². The van der Waals surface area contributed by atoms with Crippen LogP contribution < -0.4 is 11.3 Å². The number of fused-ring (bicyclic) bond motifs is 1. The van der Waals surface area contributed by atoms with Crippen molar-refractivity contribution in [3.8, 4) is 0 Å². The van der Waals surface area contributed by atoms with Crippen molar-refractivity contribution in [2.75, 3.05) is 0 Å². The Kier molecular flexibility index (Phi) is 3.59. The first-order valence-electron chi connectivity index (χ1n) is 5.55. The molecular weight excluding hydrogens is 252 g/mol. The Morgan fingerprint density at radius 3 is 2.82 bits per heavy atom. The van der Waals surface area contributed by atoms with Gasteiger partial charge in [-0.1, -0.05) is 49.2 Å². The highest BCUT2D eigenvalue weighted by atomic mass is 32.1. The topological polar surface area (TPSA) is 48.0 Å². The highest BCUT2D eigenvalue weighted by Gasteiger charge is 2.18. The van der Waals surface area contributed by atoms with Crippen molar-refractivity contribution >= 4 is 38.8 Å². The van der Waals surface area contributed by atoms with Gasteiger partial charge in [-0.05, 0) is 18.6 Å². The Morgan fingerprint density at radius 1 is 1.53 bits per heavy atom. The van der Waals surface area contributed by atoms with Crippen LogP contribution in [-0.4, -0.2) is 8.95 Å². The molecule has 0 radical (unpaired) electrons. The fourth-order valence-electron chi connectivity index (χ4n) is 1.84. The average Bonchev–Trinajstić information content (AvgIpc) is 2.64. The minimum Gasteiger partial charge on any atom is -0.392 e. The van der Waals surface area contributed by atoms with E-state index in [0.717, 1.165) is 22.9 Å². The molecule has 0 aliphatic rings. The quantitative estimate of drug-likeness (QED) is 0.866. The van der Waals surface area contributed by atoms with Crippen molar-refractivity contribution in [1.29, 1.82) is 0 Å². The van der Waals surface area contributed by atoms with Crippen molar-refractivity contribution in [2.24, 2.45) is 5.73 Å². The van der Waals surface area contributed by atoms with E-state index in [9.17, 15) is 4.79 Å². The normalized spacial score (nSPS) is 12.8. The highest BCUT2D eigenvalue weighted by Crippen LogP contribution is 2.22. The Morgan fingerprint density at radius 2 is 2.24 bits per heavy atom. The first-order chi connectivity index (χ1) is 8.15. The lowest BCUT2D eigenvalue weighted by atomic mass is 10.2. The molecule has 5 heteroatoms. The average molecular weight is 266 g/mol. The minimum atomic E-state index is -0.153. The predicted octanol–water partition coefficient (Wildman–Crippen LogP) is 2.69. The summed E-state index contributed by atoms with van der Waals surface area (Å²) >= 11 is 6.49. The van der Waals surface area contributed by atoms with Gasteiger partial charge in [-0.3, -0.25) is 8.75 Å². The fraction of sp³-hybridized carbons (Fsp3) is 0.333. The van der Waals surface area contributed by atoms with Gasteiger partial charge in [0.15, 0.2) is 0 Å². The zero-order valence-electron chi connectivity index (χ0n) is 9.55. The van der Waals surface area contributed by atoms with Gasteiger partial charge in [-0.2, -0.15) is 0 Å². The summed E-state index contributed by atoms with van der Waals surface area (Å²) in [6.45, 7) is 2.06. The van der Waals surface area contributed by atoms with Crippen LogP contribution >= 0.6 is 23.8 Å². The number of nitrogens with zero attached hydrogens (tertiary/aromatic N) is 1. The molecule has 1 aromatic heterocycles. The van der Waals surface area contributed by atoms with Crippen LogP contribution in [0.15, 0.2) is 29.1 Å². The molecular formula is C12H14N2OS2. The van der Waals surface area contributed by atoms with Gasteiger partial charge in [0.1, 0.15) is 0 Å². The molecule has 0 fully saturated rings. The molecule has 0 saturated carbocycles. The molecule has 0 aliphatic carbocycles. The third-order valence-corrected chi connectivity index (χ3v) is 4.13. The number of thiocarbonyl (C=S) groups is 1. The molecule has 90 valence electrons. The summed E-state index contributed by atoms with van der Waals surface area (Å²) < 4.78 is 2.69. The van der Waals surface area contributed by atoms with E-state index in [4.69, 9.17) is 18.0 Å². The van der Waals surface area contributed by atoms with E-state index in [-0.39, 0.29) is 11.6 Å². The molecule has 0 amide bonds. The number of rotatable bonds is 4. The van der Waals surface area contributed by atoms with Crippen molar-refractivity contribution in [3.05, 3.63) is 34.6 Å². The second kappa shape index (κ2) is 4.98. The second-order valence-electron chi connectivity index (χ2n) is 3.93. The lowest BCUT2D eigenvalue weighted by molar-refractivity contribution is 0.607. The van der Waals surface area contributed by atoms with Gasteiger partial charge in [0.05, 0.1) is 21.1 Å². The molecule has 2 aromatic rings. The molecule has 2 N–H and O–H groups in total. The van der Waals surface area contributed by atoms with Crippen LogP contribution in [0.4, 0.5) is 0 Å². The second-order valence-corrected chi connectivity index (χ2v) is 5.41. The SMILES string of the molecule is CCCC(C(N)=S)n1sc2ccccc2c1=O. The highest BCUT2D eigenvalue weighted by molar-refractivity contribution is 7.80. The van der Waals surface area contributed by atoms with E-state index in [1.165, 1.54) is 11.5 Å². The molecule has 17 heavy (non-hydrogen) atoms. The standard InChI is InChI=1S/C12H14N2OS2/c1-2-5-9(11(13)16)14-12(15)8-6-3-4-7-10(8)17-14/h3-4,6-7,9H,2,5H2,1H3,(H2,13,16). The molecule has 1 aromatic carbocycles. The molecule has 3 nitrogen and oxygen atoms in total. The zero-order valence-corrected chi connectivity index (χ0v) is 11.2. The van der Waals surface area contributed by atoms with Gasteiger partial charge in [0.2, 0.25) is 0 Å². The number of hydrogen-bond donors (Lipinski definition) is 1. The van der Waals surface area contributed by atoms with E-state index in [1.54, 1.807) is 3.96 Å². The summed E-state index contributed by atoms with van der Waals surface area (Å²) in [6, 6.07) is 7.43. The summed E-state index contributed by atoms with van der Waals surface area (Å²) in [6.07, 6.45) is 1.75. The van der Waals surface area contributed by atoms with E-state index >= 15 is 0 Å². The number of benzene rings is 1. The molecule has 2 rings (SSSR count). The molecule has 1 unspecified atom stereocenters. The van der Waals surface area contributed by atoms with Crippen LogP contribution in [0.1, 0.15) is 25.8 Å². The largest absolute Gasteiger partial charge is 0.392 e. The van der Waals surface area contributed by atoms with Gasteiger partial charge in [0, 0.05) is 0 Å². The number of hydrogen-bond acceptors (Lipinski definition) is 3. The smallest absolute Gasteiger partial charge is 0.269 e. The lowest BCUT2D eigenvalue weighted by Crippen LogP contribution is -2.29.